The molecule has 0 saturated carbocycles. The van der Waals surface area contributed by atoms with E-state index in [1.165, 1.54) is 0 Å². The molecule has 0 aliphatic carbocycles. The van der Waals surface area contributed by atoms with E-state index in [2.05, 4.69) is 53.1 Å². The molecule has 6 nitrogen and oxygen atoms in total. The summed E-state index contributed by atoms with van der Waals surface area (Å²) in [6.07, 6.45) is 0. The number of aromatic nitrogens is 4. The number of para-hydroxylation sites is 3. The highest BCUT2D eigenvalue weighted by Gasteiger charge is 2.23. The van der Waals surface area contributed by atoms with Gasteiger partial charge in [0.25, 0.3) is 0 Å². The number of benzene rings is 6. The lowest BCUT2D eigenvalue weighted by Gasteiger charge is -2.11. The highest BCUT2D eigenvalue weighted by molar-refractivity contribution is 6.21. The Labute approximate surface area is 255 Å². The number of rotatable bonds is 3. The maximum atomic E-state index is 6.58. The maximum Gasteiger partial charge on any atom is 0.238 e. The summed E-state index contributed by atoms with van der Waals surface area (Å²) in [5.41, 5.74) is 6.96. The molecule has 0 radical (unpaired) electrons. The van der Waals surface area contributed by atoms with Gasteiger partial charge in [0, 0.05) is 43.4 Å². The minimum atomic E-state index is 0.516. The van der Waals surface area contributed by atoms with E-state index in [-0.39, 0.29) is 0 Å². The summed E-state index contributed by atoms with van der Waals surface area (Å²) in [6, 6.07) is 45.0. The first kappa shape index (κ1) is 24.2. The van der Waals surface area contributed by atoms with Gasteiger partial charge in [-0.2, -0.15) is 9.97 Å². The summed E-state index contributed by atoms with van der Waals surface area (Å²) in [6.45, 7) is 0. The van der Waals surface area contributed by atoms with E-state index in [0.717, 1.165) is 76.8 Å². The van der Waals surface area contributed by atoms with Crippen molar-refractivity contribution in [2.45, 2.75) is 0 Å². The van der Waals surface area contributed by atoms with E-state index in [4.69, 9.17) is 23.8 Å². The summed E-state index contributed by atoms with van der Waals surface area (Å²) < 4.78 is 14.9. The third-order valence-electron chi connectivity index (χ3n) is 8.68. The van der Waals surface area contributed by atoms with Gasteiger partial charge >= 0.3 is 0 Å². The second kappa shape index (κ2) is 9.11. The van der Waals surface area contributed by atoms with Gasteiger partial charge in [0.05, 0.1) is 5.52 Å². The van der Waals surface area contributed by atoms with Crippen molar-refractivity contribution in [1.29, 1.82) is 0 Å². The molecule has 0 aliphatic heterocycles. The zero-order valence-electron chi connectivity index (χ0n) is 23.8. The Morgan fingerprint density at radius 2 is 1.11 bits per heavy atom. The summed E-state index contributed by atoms with van der Waals surface area (Å²) in [5.74, 6) is 1.67. The van der Waals surface area contributed by atoms with Crippen LogP contribution in [0.4, 0.5) is 0 Å². The van der Waals surface area contributed by atoms with Crippen LogP contribution in [0, 0.1) is 0 Å². The lowest BCUT2D eigenvalue weighted by Crippen LogP contribution is -2.06. The Morgan fingerprint density at radius 1 is 0.444 bits per heavy atom. The predicted octanol–water partition coefficient (Wildman–Crippen LogP) is 10.1. The van der Waals surface area contributed by atoms with Crippen LogP contribution in [0.15, 0.2) is 142 Å². The van der Waals surface area contributed by atoms with Crippen LogP contribution in [0.2, 0.25) is 0 Å². The number of furan rings is 2. The predicted molar refractivity (Wildman–Crippen MR) is 180 cm³/mol. The number of nitrogens with zero attached hydrogens (tertiary/aromatic N) is 4. The molecule has 10 rings (SSSR count). The van der Waals surface area contributed by atoms with Crippen LogP contribution in [-0.2, 0) is 0 Å². The first-order valence-electron chi connectivity index (χ1n) is 14.9. The molecule has 6 aromatic carbocycles. The van der Waals surface area contributed by atoms with Gasteiger partial charge in [0.2, 0.25) is 5.95 Å². The molecule has 210 valence electrons. The van der Waals surface area contributed by atoms with Crippen LogP contribution in [0.3, 0.4) is 0 Å². The summed E-state index contributed by atoms with van der Waals surface area (Å²) in [5, 5.41) is 6.29. The van der Waals surface area contributed by atoms with Crippen molar-refractivity contribution in [2.24, 2.45) is 0 Å². The Kier molecular flexibility index (Phi) is 4.90. The third kappa shape index (κ3) is 3.48. The standard InChI is InChI=1S/C39H22N4O2/c1-2-11-23(12-3-1)37-40-38(29-16-10-20-33-34(29)28-15-6-9-19-32(28)44-33)42-39(41-37)43-30-17-7-4-13-24(30)26-21-22-27-25-14-5-8-18-31(25)45-36(27)35(26)43/h1-22H. The van der Waals surface area contributed by atoms with Gasteiger partial charge in [-0.05, 0) is 30.3 Å². The lowest BCUT2D eigenvalue weighted by molar-refractivity contribution is 0.669. The highest BCUT2D eigenvalue weighted by atomic mass is 16.3. The molecule has 0 unspecified atom stereocenters. The van der Waals surface area contributed by atoms with Gasteiger partial charge in [-0.1, -0.05) is 103 Å². The maximum absolute atomic E-state index is 6.58. The van der Waals surface area contributed by atoms with Crippen LogP contribution in [0.1, 0.15) is 0 Å². The Bertz CT molecular complexity index is 2770. The third-order valence-corrected chi connectivity index (χ3v) is 8.68. The molecular weight excluding hydrogens is 556 g/mol. The van der Waals surface area contributed by atoms with Crippen molar-refractivity contribution in [2.75, 3.05) is 0 Å². The van der Waals surface area contributed by atoms with E-state index in [1.807, 2.05) is 84.9 Å². The van der Waals surface area contributed by atoms with Crippen molar-refractivity contribution in [3.05, 3.63) is 133 Å². The normalized spacial score (nSPS) is 12.0. The van der Waals surface area contributed by atoms with E-state index in [1.54, 1.807) is 0 Å². The number of hydrogen-bond donors (Lipinski definition) is 0. The second-order valence-corrected chi connectivity index (χ2v) is 11.2. The van der Waals surface area contributed by atoms with Crippen molar-refractivity contribution < 1.29 is 8.83 Å². The summed E-state index contributed by atoms with van der Waals surface area (Å²) in [7, 11) is 0. The van der Waals surface area contributed by atoms with E-state index in [9.17, 15) is 0 Å². The van der Waals surface area contributed by atoms with Crippen LogP contribution < -0.4 is 0 Å². The monoisotopic (exact) mass is 578 g/mol. The van der Waals surface area contributed by atoms with Crippen LogP contribution in [0.25, 0.3) is 94.4 Å². The average molecular weight is 579 g/mol. The van der Waals surface area contributed by atoms with Crippen LogP contribution in [-0.4, -0.2) is 19.5 Å². The smallest absolute Gasteiger partial charge is 0.238 e. The zero-order valence-corrected chi connectivity index (χ0v) is 23.8. The lowest BCUT2D eigenvalue weighted by atomic mass is 10.1. The first-order chi connectivity index (χ1) is 22.3. The molecule has 4 aromatic heterocycles. The van der Waals surface area contributed by atoms with E-state index >= 15 is 0 Å². The molecule has 0 N–H and O–H groups in total. The topological polar surface area (TPSA) is 69.9 Å². The summed E-state index contributed by atoms with van der Waals surface area (Å²) >= 11 is 0. The minimum absolute atomic E-state index is 0.516. The molecule has 4 heterocycles. The number of hydrogen-bond acceptors (Lipinski definition) is 5. The van der Waals surface area contributed by atoms with Crippen molar-refractivity contribution in [1.82, 2.24) is 19.5 Å². The molecule has 10 aromatic rings. The summed E-state index contributed by atoms with van der Waals surface area (Å²) in [4.78, 5) is 15.4. The Morgan fingerprint density at radius 3 is 1.98 bits per heavy atom. The van der Waals surface area contributed by atoms with E-state index < -0.39 is 0 Å². The van der Waals surface area contributed by atoms with Crippen molar-refractivity contribution in [3.63, 3.8) is 0 Å². The van der Waals surface area contributed by atoms with Gasteiger partial charge in [-0.25, -0.2) is 4.98 Å². The van der Waals surface area contributed by atoms with Crippen LogP contribution in [0.5, 0.6) is 0 Å². The van der Waals surface area contributed by atoms with Gasteiger partial charge in [0.15, 0.2) is 17.2 Å². The quantitative estimate of drug-likeness (QED) is 0.209. The van der Waals surface area contributed by atoms with Crippen molar-refractivity contribution >= 4 is 65.7 Å². The molecule has 0 atom stereocenters. The molecule has 45 heavy (non-hydrogen) atoms. The molecule has 0 saturated heterocycles. The molecular formula is C39H22N4O2. The SMILES string of the molecule is c1ccc(-c2nc(-c3cccc4oc5ccccc5c34)nc(-n3c4ccccc4c4ccc5c6ccccc6oc5c43)n2)cc1. The van der Waals surface area contributed by atoms with Gasteiger partial charge in [-0.3, -0.25) is 4.57 Å². The first-order valence-corrected chi connectivity index (χ1v) is 14.9. The minimum Gasteiger partial charge on any atom is -0.456 e. The van der Waals surface area contributed by atoms with Crippen molar-refractivity contribution in [3.8, 4) is 28.7 Å². The van der Waals surface area contributed by atoms with Crippen LogP contribution >= 0.6 is 0 Å². The fourth-order valence-corrected chi connectivity index (χ4v) is 6.70. The Hall–Kier alpha value is -6.27. The zero-order chi connectivity index (χ0) is 29.5. The molecule has 0 spiro atoms. The molecule has 6 heteroatoms. The fourth-order valence-electron chi connectivity index (χ4n) is 6.70. The second-order valence-electron chi connectivity index (χ2n) is 11.2. The Balaban J connectivity index is 1.35. The van der Waals surface area contributed by atoms with Gasteiger partial charge < -0.3 is 8.83 Å². The fraction of sp³-hybridized carbons (Fsp3) is 0. The van der Waals surface area contributed by atoms with E-state index in [0.29, 0.717) is 17.6 Å². The van der Waals surface area contributed by atoms with Gasteiger partial charge in [-0.15, -0.1) is 0 Å². The number of fused-ring (bicyclic) bond motifs is 10. The molecule has 0 amide bonds. The molecule has 0 bridgehead atoms. The molecule has 0 fully saturated rings. The highest BCUT2D eigenvalue weighted by Crippen LogP contribution is 2.41. The average Bonchev–Trinajstić information content (AvgIpc) is 3.78. The molecule has 0 aliphatic rings. The largest absolute Gasteiger partial charge is 0.456 e. The van der Waals surface area contributed by atoms with Gasteiger partial charge in [0.1, 0.15) is 22.3 Å².